The number of nitrogens with two attached hydrogens (primary N) is 1. The summed E-state index contributed by atoms with van der Waals surface area (Å²) in [7, 11) is 1.82. The van der Waals surface area contributed by atoms with Gasteiger partial charge in [-0.3, -0.25) is 0 Å². The van der Waals surface area contributed by atoms with Gasteiger partial charge in [0.1, 0.15) is 7.85 Å². The summed E-state index contributed by atoms with van der Waals surface area (Å²) in [6, 6.07) is 0. The fourth-order valence-corrected chi connectivity index (χ4v) is 0. The molecule has 0 aromatic heterocycles. The van der Waals surface area contributed by atoms with E-state index in [1.807, 2.05) is 7.85 Å². The predicted molar refractivity (Wildman–Crippen MR) is 31.0 cm³/mol. The second-order valence-electron chi connectivity index (χ2n) is 1.31. The van der Waals surface area contributed by atoms with E-state index in [1.165, 1.54) is 0 Å². The van der Waals surface area contributed by atoms with E-state index < -0.39 is 0 Å². The van der Waals surface area contributed by atoms with Gasteiger partial charge < -0.3 is 5.73 Å². The highest BCUT2D eigenvalue weighted by molar-refractivity contribution is 6.23. The molecule has 0 fully saturated rings. The molecule has 0 heterocycles. The monoisotopic (exact) mass is 81.1 g/mol. The summed E-state index contributed by atoms with van der Waals surface area (Å²) < 4.78 is 0. The molecule has 0 saturated heterocycles. The van der Waals surface area contributed by atoms with Crippen molar-refractivity contribution in [2.75, 3.05) is 0 Å². The van der Waals surface area contributed by atoms with E-state index in [4.69, 9.17) is 5.73 Å². The van der Waals surface area contributed by atoms with Crippen LogP contribution in [-0.2, 0) is 0 Å². The van der Waals surface area contributed by atoms with Crippen molar-refractivity contribution in [1.29, 1.82) is 0 Å². The van der Waals surface area contributed by atoms with Crippen molar-refractivity contribution in [3.63, 3.8) is 0 Å². The van der Waals surface area contributed by atoms with Crippen LogP contribution in [0.5, 0.6) is 0 Å². The predicted octanol–water partition coefficient (Wildman–Crippen LogP) is -0.394. The third-order valence-electron chi connectivity index (χ3n) is 0.548. The zero-order valence-electron chi connectivity index (χ0n) is 3.99. The van der Waals surface area contributed by atoms with Crippen molar-refractivity contribution in [2.45, 2.75) is 0 Å². The number of allylic oxidation sites excluding steroid dienone is 1. The molecule has 0 rings (SSSR count). The molecule has 0 saturated carbocycles. The van der Waals surface area contributed by atoms with Crippen LogP contribution in [0, 0.1) is 0 Å². The summed E-state index contributed by atoms with van der Waals surface area (Å²) in [4.78, 5) is 0. The van der Waals surface area contributed by atoms with Crippen molar-refractivity contribution in [3.05, 3.63) is 24.3 Å². The average molecular weight is 80.9 g/mol. The van der Waals surface area contributed by atoms with E-state index >= 15 is 0 Å². The van der Waals surface area contributed by atoms with Crippen LogP contribution in [-0.4, -0.2) is 7.85 Å². The molecule has 6 heavy (non-hydrogen) atoms. The molecule has 1 nitrogen and oxygen atoms in total. The zero-order chi connectivity index (χ0) is 5.15. The Balaban J connectivity index is 3.57. The van der Waals surface area contributed by atoms with Gasteiger partial charge in [0.25, 0.3) is 0 Å². The van der Waals surface area contributed by atoms with Crippen LogP contribution in [0.15, 0.2) is 24.3 Å². The van der Waals surface area contributed by atoms with Gasteiger partial charge in [0.15, 0.2) is 0 Å². The summed E-state index contributed by atoms with van der Waals surface area (Å²) in [6.45, 7) is 6.96. The van der Waals surface area contributed by atoms with Crippen molar-refractivity contribution >= 4 is 7.85 Å². The topological polar surface area (TPSA) is 26.0 Å². The fraction of sp³-hybridized carbons (Fsp3) is 0. The van der Waals surface area contributed by atoms with Gasteiger partial charge in [-0.15, -0.1) is 6.58 Å². The molecular formula is C4H8BN. The van der Waals surface area contributed by atoms with Crippen LogP contribution >= 0.6 is 0 Å². The second kappa shape index (κ2) is 1.70. The minimum Gasteiger partial charge on any atom is -0.400 e. The highest BCUT2D eigenvalue weighted by Crippen LogP contribution is 1.85. The van der Waals surface area contributed by atoms with E-state index in [2.05, 4.69) is 13.2 Å². The Morgan fingerprint density at radius 3 is 1.67 bits per heavy atom. The summed E-state index contributed by atoms with van der Waals surface area (Å²) in [5, 5.41) is 0. The smallest absolute Gasteiger partial charge is 0.141 e. The molecule has 0 spiro atoms. The molecule has 0 amide bonds. The van der Waals surface area contributed by atoms with Crippen molar-refractivity contribution in [3.8, 4) is 0 Å². The Bertz CT molecular complexity index is 73.5. The Hall–Kier alpha value is -0.655. The van der Waals surface area contributed by atoms with Gasteiger partial charge in [0, 0.05) is 5.70 Å². The van der Waals surface area contributed by atoms with E-state index in [1.54, 1.807) is 0 Å². The molecule has 0 bridgehead atoms. The summed E-state index contributed by atoms with van der Waals surface area (Å²) in [5.41, 5.74) is 6.55. The Kier molecular flexibility index (Phi) is 1.52. The zero-order valence-corrected chi connectivity index (χ0v) is 3.99. The van der Waals surface area contributed by atoms with Crippen molar-refractivity contribution < 1.29 is 0 Å². The quantitative estimate of drug-likeness (QED) is 0.337. The molecule has 32 valence electrons. The average Bonchev–Trinajstić information content (AvgIpc) is 1.36. The van der Waals surface area contributed by atoms with Crippen LogP contribution in [0.4, 0.5) is 0 Å². The van der Waals surface area contributed by atoms with E-state index in [0.717, 1.165) is 5.47 Å². The van der Waals surface area contributed by atoms with Gasteiger partial charge in [-0.25, -0.2) is 0 Å². The van der Waals surface area contributed by atoms with Crippen molar-refractivity contribution in [1.82, 2.24) is 0 Å². The first-order chi connectivity index (χ1) is 2.64. The molecule has 0 aliphatic heterocycles. The number of hydrogen-bond donors (Lipinski definition) is 1. The maximum Gasteiger partial charge on any atom is 0.141 e. The molecular weight excluding hydrogens is 72.9 g/mol. The fourth-order valence-electron chi connectivity index (χ4n) is 0. The number of hydrogen-bond acceptors (Lipinski definition) is 1. The van der Waals surface area contributed by atoms with Gasteiger partial charge in [0.2, 0.25) is 0 Å². The first-order valence-electron chi connectivity index (χ1n) is 1.75. The largest absolute Gasteiger partial charge is 0.400 e. The van der Waals surface area contributed by atoms with Crippen LogP contribution < -0.4 is 5.73 Å². The first-order valence-corrected chi connectivity index (χ1v) is 1.75. The van der Waals surface area contributed by atoms with E-state index in [9.17, 15) is 0 Å². The molecule has 0 aromatic carbocycles. The van der Waals surface area contributed by atoms with Gasteiger partial charge in [0.05, 0.1) is 0 Å². The Morgan fingerprint density at radius 1 is 1.50 bits per heavy atom. The standard InChI is InChI=1S/C4H8BN/c1-3(5)4(2)6/h1-2,5-6H2. The summed E-state index contributed by atoms with van der Waals surface area (Å²) in [6.07, 6.45) is 0. The minimum atomic E-state index is 0.565. The lowest BCUT2D eigenvalue weighted by atomic mass is 9.96. The Morgan fingerprint density at radius 2 is 1.67 bits per heavy atom. The molecule has 0 atom stereocenters. The highest BCUT2D eigenvalue weighted by atomic mass is 14.5. The third-order valence-corrected chi connectivity index (χ3v) is 0.548. The normalized spacial score (nSPS) is 7.33. The van der Waals surface area contributed by atoms with E-state index in [0.29, 0.717) is 5.70 Å². The molecule has 0 aliphatic rings. The molecule has 0 aromatic rings. The second-order valence-corrected chi connectivity index (χ2v) is 1.31. The lowest BCUT2D eigenvalue weighted by molar-refractivity contribution is 1.44. The number of rotatable bonds is 1. The molecule has 0 aliphatic carbocycles. The van der Waals surface area contributed by atoms with E-state index in [-0.39, 0.29) is 0 Å². The molecule has 2 N–H and O–H groups in total. The maximum absolute atomic E-state index is 5.14. The molecule has 0 unspecified atom stereocenters. The summed E-state index contributed by atoms with van der Waals surface area (Å²) >= 11 is 0. The minimum absolute atomic E-state index is 0.565. The maximum atomic E-state index is 5.14. The summed E-state index contributed by atoms with van der Waals surface area (Å²) in [5.74, 6) is 0. The SMILES string of the molecule is BC(=C)C(=C)N. The van der Waals surface area contributed by atoms with Crippen LogP contribution in [0.2, 0.25) is 0 Å². The van der Waals surface area contributed by atoms with Gasteiger partial charge in [-0.2, -0.15) is 0 Å². The molecule has 0 radical (unpaired) electrons. The Labute approximate surface area is 38.9 Å². The lowest BCUT2D eigenvalue weighted by Gasteiger charge is -1.89. The highest BCUT2D eigenvalue weighted by Gasteiger charge is 1.78. The first kappa shape index (κ1) is 5.34. The third kappa shape index (κ3) is 1.64. The van der Waals surface area contributed by atoms with Crippen LogP contribution in [0.3, 0.4) is 0 Å². The van der Waals surface area contributed by atoms with Crippen LogP contribution in [0.25, 0.3) is 0 Å². The van der Waals surface area contributed by atoms with Crippen molar-refractivity contribution in [2.24, 2.45) is 5.73 Å². The van der Waals surface area contributed by atoms with Gasteiger partial charge >= 0.3 is 0 Å². The van der Waals surface area contributed by atoms with Crippen LogP contribution in [0.1, 0.15) is 0 Å². The van der Waals surface area contributed by atoms with Gasteiger partial charge in [-0.1, -0.05) is 12.1 Å². The molecule has 2 heteroatoms. The van der Waals surface area contributed by atoms with Gasteiger partial charge in [-0.05, 0) is 0 Å². The lowest BCUT2D eigenvalue weighted by Crippen LogP contribution is -1.96.